The maximum absolute atomic E-state index is 11.9. The Kier molecular flexibility index (Phi) is 3.61. The van der Waals surface area contributed by atoms with E-state index in [-0.39, 0.29) is 5.02 Å². The van der Waals surface area contributed by atoms with Crippen molar-refractivity contribution in [3.63, 3.8) is 0 Å². The number of para-hydroxylation sites is 1. The van der Waals surface area contributed by atoms with Gasteiger partial charge in [-0.05, 0) is 12.1 Å². The van der Waals surface area contributed by atoms with Crippen LogP contribution < -0.4 is 5.56 Å². The summed E-state index contributed by atoms with van der Waals surface area (Å²) in [7, 11) is 1.51. The molecule has 2 aromatic heterocycles. The van der Waals surface area contributed by atoms with Crippen molar-refractivity contribution in [2.45, 2.75) is 5.92 Å². The van der Waals surface area contributed by atoms with Crippen LogP contribution in [0.5, 0.6) is 0 Å². The highest BCUT2D eigenvalue weighted by molar-refractivity contribution is 6.31. The van der Waals surface area contributed by atoms with Crippen LogP contribution in [0, 0.1) is 11.3 Å². The maximum Gasteiger partial charge on any atom is 0.285 e. The number of pyridine rings is 1. The summed E-state index contributed by atoms with van der Waals surface area (Å²) in [5.41, 5.74) is 1.27. The first-order chi connectivity index (χ1) is 10.6. The molecule has 0 saturated heterocycles. The SMILES string of the molecule is Cn1ncc([C@@H](C#N)c2ccc3ccccc3n2)c(Cl)c1=O. The number of rotatable bonds is 2. The molecular weight excluding hydrogens is 300 g/mol. The van der Waals surface area contributed by atoms with Crippen molar-refractivity contribution in [3.05, 3.63) is 69.2 Å². The van der Waals surface area contributed by atoms with Gasteiger partial charge < -0.3 is 0 Å². The molecule has 0 aliphatic carbocycles. The van der Waals surface area contributed by atoms with Crippen LogP contribution >= 0.6 is 11.6 Å². The Hall–Kier alpha value is -2.71. The summed E-state index contributed by atoms with van der Waals surface area (Å²) in [6, 6.07) is 13.4. The van der Waals surface area contributed by atoms with Gasteiger partial charge in [0.1, 0.15) is 10.9 Å². The Morgan fingerprint density at radius 3 is 2.82 bits per heavy atom. The van der Waals surface area contributed by atoms with Gasteiger partial charge >= 0.3 is 0 Å². The third-order valence-corrected chi connectivity index (χ3v) is 3.84. The second kappa shape index (κ2) is 5.58. The van der Waals surface area contributed by atoms with Gasteiger partial charge in [-0.15, -0.1) is 0 Å². The standard InChI is InChI=1S/C16H11ClN4O/c1-21-16(22)15(17)12(9-19-21)11(8-18)14-7-6-10-4-2-3-5-13(10)20-14/h2-7,9,11H,1H3/t11-/m1/s1. The molecule has 5 nitrogen and oxygen atoms in total. The first-order valence-electron chi connectivity index (χ1n) is 6.59. The van der Waals surface area contributed by atoms with Crippen LogP contribution in [0.25, 0.3) is 10.9 Å². The predicted molar refractivity (Wildman–Crippen MR) is 83.7 cm³/mol. The number of nitrogens with zero attached hydrogens (tertiary/aromatic N) is 4. The summed E-state index contributed by atoms with van der Waals surface area (Å²) in [5, 5.41) is 14.4. The molecule has 2 heterocycles. The number of hydrogen-bond acceptors (Lipinski definition) is 4. The topological polar surface area (TPSA) is 71.6 Å². The van der Waals surface area contributed by atoms with E-state index in [1.807, 2.05) is 30.3 Å². The molecule has 0 aliphatic heterocycles. The Labute approximate surface area is 131 Å². The fourth-order valence-electron chi connectivity index (χ4n) is 2.26. The van der Waals surface area contributed by atoms with Crippen LogP contribution in [0.15, 0.2) is 47.4 Å². The number of aromatic nitrogens is 3. The van der Waals surface area contributed by atoms with Crippen molar-refractivity contribution in [3.8, 4) is 6.07 Å². The number of halogens is 1. The second-order valence-corrected chi connectivity index (χ2v) is 5.21. The summed E-state index contributed by atoms with van der Waals surface area (Å²) < 4.78 is 1.13. The van der Waals surface area contributed by atoms with E-state index in [2.05, 4.69) is 16.2 Å². The van der Waals surface area contributed by atoms with E-state index >= 15 is 0 Å². The van der Waals surface area contributed by atoms with Crippen LogP contribution in [0.4, 0.5) is 0 Å². The first-order valence-corrected chi connectivity index (χ1v) is 6.96. The molecule has 108 valence electrons. The highest BCUT2D eigenvalue weighted by Gasteiger charge is 2.21. The zero-order valence-electron chi connectivity index (χ0n) is 11.7. The summed E-state index contributed by atoms with van der Waals surface area (Å²) >= 11 is 6.09. The van der Waals surface area contributed by atoms with Gasteiger partial charge in [-0.25, -0.2) is 4.68 Å². The number of aryl methyl sites for hydroxylation is 1. The van der Waals surface area contributed by atoms with Gasteiger partial charge in [0.2, 0.25) is 0 Å². The average molecular weight is 311 g/mol. The van der Waals surface area contributed by atoms with Crippen molar-refractivity contribution in [1.29, 1.82) is 5.26 Å². The molecule has 6 heteroatoms. The molecule has 0 amide bonds. The van der Waals surface area contributed by atoms with Crippen LogP contribution in [-0.2, 0) is 7.05 Å². The molecule has 0 bridgehead atoms. The third-order valence-electron chi connectivity index (χ3n) is 3.46. The lowest BCUT2D eigenvalue weighted by molar-refractivity contribution is 0.697. The normalized spacial score (nSPS) is 12.0. The van der Waals surface area contributed by atoms with Crippen LogP contribution in [0.3, 0.4) is 0 Å². The predicted octanol–water partition coefficient (Wildman–Crippen LogP) is 2.64. The minimum Gasteiger partial charge on any atom is -0.266 e. The molecule has 1 atom stereocenters. The van der Waals surface area contributed by atoms with Crippen molar-refractivity contribution >= 4 is 22.5 Å². The monoisotopic (exact) mass is 310 g/mol. The molecular formula is C16H11ClN4O. The van der Waals surface area contributed by atoms with E-state index in [1.54, 1.807) is 6.07 Å². The number of nitriles is 1. The van der Waals surface area contributed by atoms with Crippen LogP contribution in [0.2, 0.25) is 5.02 Å². The molecule has 3 rings (SSSR count). The molecule has 3 aromatic rings. The lowest BCUT2D eigenvalue weighted by Gasteiger charge is -2.11. The van der Waals surface area contributed by atoms with Gasteiger partial charge in [-0.3, -0.25) is 9.78 Å². The second-order valence-electron chi connectivity index (χ2n) is 4.83. The lowest BCUT2D eigenvalue weighted by atomic mass is 9.98. The molecule has 1 aromatic carbocycles. The highest BCUT2D eigenvalue weighted by atomic mass is 35.5. The minimum absolute atomic E-state index is 0.000918. The average Bonchev–Trinajstić information content (AvgIpc) is 2.55. The maximum atomic E-state index is 11.9. The van der Waals surface area contributed by atoms with Crippen LogP contribution in [0.1, 0.15) is 17.2 Å². The van der Waals surface area contributed by atoms with Gasteiger partial charge in [0.15, 0.2) is 0 Å². The Morgan fingerprint density at radius 1 is 1.27 bits per heavy atom. The fourth-order valence-corrected chi connectivity index (χ4v) is 2.54. The largest absolute Gasteiger partial charge is 0.285 e. The van der Waals surface area contributed by atoms with Crippen molar-refractivity contribution in [1.82, 2.24) is 14.8 Å². The fraction of sp³-hybridized carbons (Fsp3) is 0.125. The smallest absolute Gasteiger partial charge is 0.266 e. The summed E-state index contributed by atoms with van der Waals surface area (Å²) in [4.78, 5) is 16.4. The molecule has 0 saturated carbocycles. The van der Waals surface area contributed by atoms with Gasteiger partial charge in [0.25, 0.3) is 5.56 Å². The highest BCUT2D eigenvalue weighted by Crippen LogP contribution is 2.27. The Balaban J connectivity index is 2.16. The number of fused-ring (bicyclic) bond motifs is 1. The lowest BCUT2D eigenvalue weighted by Crippen LogP contribution is -2.22. The van der Waals surface area contributed by atoms with E-state index < -0.39 is 11.5 Å². The molecule has 0 spiro atoms. The molecule has 22 heavy (non-hydrogen) atoms. The van der Waals surface area contributed by atoms with E-state index in [1.165, 1.54) is 13.2 Å². The van der Waals surface area contributed by atoms with Gasteiger partial charge in [-0.2, -0.15) is 10.4 Å². The van der Waals surface area contributed by atoms with Crippen molar-refractivity contribution < 1.29 is 0 Å². The summed E-state index contributed by atoms with van der Waals surface area (Å²) in [6.07, 6.45) is 1.44. The Bertz CT molecular complexity index is 958. The van der Waals surface area contributed by atoms with Gasteiger partial charge in [-0.1, -0.05) is 35.9 Å². The van der Waals surface area contributed by atoms with E-state index in [0.717, 1.165) is 15.6 Å². The Morgan fingerprint density at radius 2 is 2.05 bits per heavy atom. The molecule has 0 unspecified atom stereocenters. The van der Waals surface area contributed by atoms with Crippen molar-refractivity contribution in [2.75, 3.05) is 0 Å². The molecule has 0 fully saturated rings. The van der Waals surface area contributed by atoms with Crippen molar-refractivity contribution in [2.24, 2.45) is 7.05 Å². The van der Waals surface area contributed by atoms with Gasteiger partial charge in [0.05, 0.1) is 23.5 Å². The quantitative estimate of drug-likeness (QED) is 0.729. The number of benzene rings is 1. The molecule has 0 aliphatic rings. The molecule has 0 radical (unpaired) electrons. The molecule has 0 N–H and O–H groups in total. The number of hydrogen-bond donors (Lipinski definition) is 0. The van der Waals surface area contributed by atoms with Crippen LogP contribution in [-0.4, -0.2) is 14.8 Å². The third kappa shape index (κ3) is 2.34. The summed E-state index contributed by atoms with van der Waals surface area (Å²) in [5.74, 6) is -0.737. The zero-order valence-corrected chi connectivity index (χ0v) is 12.4. The zero-order chi connectivity index (χ0) is 15.7. The minimum atomic E-state index is -0.737. The summed E-state index contributed by atoms with van der Waals surface area (Å²) in [6.45, 7) is 0. The van der Waals surface area contributed by atoms with Gasteiger partial charge in [0, 0.05) is 18.0 Å². The van der Waals surface area contributed by atoms with E-state index in [4.69, 9.17) is 11.6 Å². The first kappa shape index (κ1) is 14.2. The van der Waals surface area contributed by atoms with E-state index in [0.29, 0.717) is 11.3 Å². The van der Waals surface area contributed by atoms with E-state index in [9.17, 15) is 10.1 Å².